The van der Waals surface area contributed by atoms with E-state index < -0.39 is 0 Å². The van der Waals surface area contributed by atoms with Crippen molar-refractivity contribution < 1.29 is 9.47 Å². The Labute approximate surface area is 96.5 Å². The lowest BCUT2D eigenvalue weighted by atomic mass is 10.1. The van der Waals surface area contributed by atoms with Gasteiger partial charge in [-0.2, -0.15) is 5.10 Å². The molecule has 0 aromatic carbocycles. The van der Waals surface area contributed by atoms with Gasteiger partial charge >= 0.3 is 0 Å². The van der Waals surface area contributed by atoms with Gasteiger partial charge in [0.2, 0.25) is 0 Å². The monoisotopic (exact) mass is 227 g/mol. The van der Waals surface area contributed by atoms with Gasteiger partial charge in [0.25, 0.3) is 0 Å². The summed E-state index contributed by atoms with van der Waals surface area (Å²) < 4.78 is 12.6. The minimum absolute atomic E-state index is 0.115. The third-order valence-electron chi connectivity index (χ3n) is 2.53. The van der Waals surface area contributed by atoms with Crippen molar-refractivity contribution in [1.29, 1.82) is 0 Å². The van der Waals surface area contributed by atoms with Crippen LogP contribution in [0.15, 0.2) is 12.3 Å². The van der Waals surface area contributed by atoms with E-state index in [1.807, 2.05) is 20.0 Å². The highest BCUT2D eigenvalue weighted by Crippen LogP contribution is 2.12. The number of rotatable bonds is 7. The molecule has 1 rings (SSSR count). The molecule has 16 heavy (non-hydrogen) atoms. The number of anilines is 1. The molecule has 1 heterocycles. The Balaban J connectivity index is 2.08. The van der Waals surface area contributed by atoms with Crippen molar-refractivity contribution in [2.75, 3.05) is 26.1 Å². The van der Waals surface area contributed by atoms with E-state index in [1.54, 1.807) is 17.9 Å². The average Bonchev–Trinajstić information content (AvgIpc) is 2.64. The third-order valence-corrected chi connectivity index (χ3v) is 2.53. The number of aromatic nitrogens is 2. The van der Waals surface area contributed by atoms with Crippen LogP contribution in [-0.4, -0.2) is 35.7 Å². The predicted octanol–water partition coefficient (Wildman–Crippen LogP) is 1.30. The van der Waals surface area contributed by atoms with Crippen LogP contribution in [0.1, 0.15) is 20.3 Å². The average molecular weight is 227 g/mol. The Hall–Kier alpha value is -1.07. The Kier molecular flexibility index (Phi) is 4.76. The Morgan fingerprint density at radius 2 is 2.19 bits per heavy atom. The van der Waals surface area contributed by atoms with E-state index in [9.17, 15) is 0 Å². The molecule has 0 radical (unpaired) electrons. The first-order valence-electron chi connectivity index (χ1n) is 5.45. The minimum atomic E-state index is -0.115. The van der Waals surface area contributed by atoms with E-state index in [4.69, 9.17) is 15.2 Å². The number of nitrogens with zero attached hydrogens (tertiary/aromatic N) is 2. The molecule has 0 aliphatic carbocycles. The molecule has 0 amide bonds. The summed E-state index contributed by atoms with van der Waals surface area (Å²) in [6.07, 6.45) is 2.72. The molecule has 0 unspecified atom stereocenters. The van der Waals surface area contributed by atoms with Crippen LogP contribution in [0.5, 0.6) is 0 Å². The fourth-order valence-corrected chi connectivity index (χ4v) is 1.18. The van der Waals surface area contributed by atoms with Crippen LogP contribution in [0.25, 0.3) is 0 Å². The van der Waals surface area contributed by atoms with Crippen LogP contribution in [0.3, 0.4) is 0 Å². The van der Waals surface area contributed by atoms with Gasteiger partial charge in [-0.25, -0.2) is 0 Å². The van der Waals surface area contributed by atoms with Crippen LogP contribution >= 0.6 is 0 Å². The van der Waals surface area contributed by atoms with Gasteiger partial charge in [0.05, 0.1) is 18.8 Å². The first-order chi connectivity index (χ1) is 7.53. The zero-order valence-electron chi connectivity index (χ0n) is 10.3. The van der Waals surface area contributed by atoms with E-state index in [2.05, 4.69) is 5.10 Å². The quantitative estimate of drug-likeness (QED) is 0.713. The molecule has 92 valence electrons. The first kappa shape index (κ1) is 13.0. The number of nitrogen functional groups attached to an aromatic ring is 1. The second kappa shape index (κ2) is 5.86. The maximum atomic E-state index is 5.50. The molecule has 0 bridgehead atoms. The number of ether oxygens (including phenoxy) is 2. The molecule has 0 aliphatic heterocycles. The number of hydrogen-bond donors (Lipinski definition) is 1. The SMILES string of the molecule is COC(C)(C)CCOCCn1ccc(N)n1. The maximum Gasteiger partial charge on any atom is 0.145 e. The fraction of sp³-hybridized carbons (Fsp3) is 0.727. The molecule has 2 N–H and O–H groups in total. The summed E-state index contributed by atoms with van der Waals surface area (Å²) in [6, 6.07) is 1.77. The van der Waals surface area contributed by atoms with Crippen molar-refractivity contribution in [1.82, 2.24) is 9.78 Å². The predicted molar refractivity (Wildman–Crippen MR) is 63.2 cm³/mol. The summed E-state index contributed by atoms with van der Waals surface area (Å²) in [4.78, 5) is 0. The normalized spacial score (nSPS) is 11.9. The number of hydrogen-bond acceptors (Lipinski definition) is 4. The van der Waals surface area contributed by atoms with E-state index in [1.165, 1.54) is 0 Å². The molecular formula is C11H21N3O2. The second-order valence-electron chi connectivity index (χ2n) is 4.33. The van der Waals surface area contributed by atoms with Crippen LogP contribution in [0.4, 0.5) is 5.82 Å². The zero-order valence-corrected chi connectivity index (χ0v) is 10.3. The van der Waals surface area contributed by atoms with Crippen LogP contribution < -0.4 is 5.73 Å². The second-order valence-corrected chi connectivity index (χ2v) is 4.33. The fourth-order valence-electron chi connectivity index (χ4n) is 1.18. The summed E-state index contributed by atoms with van der Waals surface area (Å²) in [7, 11) is 1.71. The summed E-state index contributed by atoms with van der Waals surface area (Å²) in [5, 5.41) is 4.06. The third kappa shape index (κ3) is 4.63. The molecule has 0 spiro atoms. The van der Waals surface area contributed by atoms with Crippen LogP contribution in [0.2, 0.25) is 0 Å². The Bertz CT molecular complexity index is 310. The van der Waals surface area contributed by atoms with Gasteiger partial charge in [-0.1, -0.05) is 0 Å². The maximum absolute atomic E-state index is 5.50. The molecule has 1 aromatic rings. The lowest BCUT2D eigenvalue weighted by Gasteiger charge is -2.22. The first-order valence-corrected chi connectivity index (χ1v) is 5.45. The van der Waals surface area contributed by atoms with Gasteiger partial charge in [0, 0.05) is 19.9 Å². The number of nitrogens with two attached hydrogens (primary N) is 1. The van der Waals surface area contributed by atoms with Crippen molar-refractivity contribution in [3.05, 3.63) is 12.3 Å². The highest BCUT2D eigenvalue weighted by molar-refractivity contribution is 5.23. The van der Waals surface area contributed by atoms with E-state index in [-0.39, 0.29) is 5.60 Å². The van der Waals surface area contributed by atoms with Crippen LogP contribution in [-0.2, 0) is 16.0 Å². The smallest absolute Gasteiger partial charge is 0.145 e. The van der Waals surface area contributed by atoms with Gasteiger partial charge in [-0.3, -0.25) is 4.68 Å². The minimum Gasteiger partial charge on any atom is -0.382 e. The Morgan fingerprint density at radius 3 is 2.75 bits per heavy atom. The van der Waals surface area contributed by atoms with Crippen molar-refractivity contribution >= 4 is 5.82 Å². The van der Waals surface area contributed by atoms with Gasteiger partial charge in [-0.15, -0.1) is 0 Å². The highest BCUT2D eigenvalue weighted by atomic mass is 16.5. The molecule has 0 saturated heterocycles. The molecule has 0 fully saturated rings. The lowest BCUT2D eigenvalue weighted by molar-refractivity contribution is -0.0108. The summed E-state index contributed by atoms with van der Waals surface area (Å²) >= 11 is 0. The van der Waals surface area contributed by atoms with Crippen molar-refractivity contribution in [2.24, 2.45) is 0 Å². The van der Waals surface area contributed by atoms with Gasteiger partial charge in [0.15, 0.2) is 0 Å². The summed E-state index contributed by atoms with van der Waals surface area (Å²) in [6.45, 7) is 6.15. The van der Waals surface area contributed by atoms with Crippen molar-refractivity contribution in [2.45, 2.75) is 32.4 Å². The molecule has 5 heteroatoms. The zero-order chi connectivity index (χ0) is 12.0. The molecule has 0 atom stereocenters. The number of methoxy groups -OCH3 is 1. The van der Waals surface area contributed by atoms with Crippen molar-refractivity contribution in [3.63, 3.8) is 0 Å². The molecule has 5 nitrogen and oxygen atoms in total. The largest absolute Gasteiger partial charge is 0.382 e. The highest BCUT2D eigenvalue weighted by Gasteiger charge is 2.15. The molecule has 0 saturated carbocycles. The van der Waals surface area contributed by atoms with E-state index >= 15 is 0 Å². The Morgan fingerprint density at radius 1 is 1.44 bits per heavy atom. The molecule has 0 aliphatic rings. The molecule has 1 aromatic heterocycles. The van der Waals surface area contributed by atoms with Gasteiger partial charge in [-0.05, 0) is 26.3 Å². The van der Waals surface area contributed by atoms with Crippen molar-refractivity contribution in [3.8, 4) is 0 Å². The summed E-state index contributed by atoms with van der Waals surface area (Å²) in [5.41, 5.74) is 5.38. The standard InChI is InChI=1S/C11H21N3O2/c1-11(2,15-3)5-8-16-9-7-14-6-4-10(12)13-14/h4,6H,5,7-9H2,1-3H3,(H2,12,13). The van der Waals surface area contributed by atoms with E-state index in [0.717, 1.165) is 13.0 Å². The topological polar surface area (TPSA) is 62.3 Å². The summed E-state index contributed by atoms with van der Waals surface area (Å²) in [5.74, 6) is 0.542. The van der Waals surface area contributed by atoms with E-state index in [0.29, 0.717) is 19.0 Å². The lowest BCUT2D eigenvalue weighted by Crippen LogP contribution is -2.24. The van der Waals surface area contributed by atoms with Crippen LogP contribution in [0, 0.1) is 0 Å². The molecular weight excluding hydrogens is 206 g/mol. The van der Waals surface area contributed by atoms with Gasteiger partial charge in [0.1, 0.15) is 5.82 Å². The van der Waals surface area contributed by atoms with Gasteiger partial charge < -0.3 is 15.2 Å².